The zero-order chi connectivity index (χ0) is 19.8. The molecule has 152 valence electrons. The maximum absolute atomic E-state index is 13.0. The third kappa shape index (κ3) is 3.35. The van der Waals surface area contributed by atoms with E-state index in [-0.39, 0.29) is 24.8 Å². The minimum absolute atomic E-state index is 0.0287. The number of fused-ring (bicyclic) bond motifs is 1. The lowest BCUT2D eigenvalue weighted by molar-refractivity contribution is -0.167. The highest BCUT2D eigenvalue weighted by molar-refractivity contribution is 5.89. The van der Waals surface area contributed by atoms with Crippen LogP contribution in [0.25, 0.3) is 0 Å². The minimum atomic E-state index is -0.592. The van der Waals surface area contributed by atoms with Crippen LogP contribution in [0.2, 0.25) is 0 Å². The number of nitrogens with zero attached hydrogens (tertiary/aromatic N) is 1. The largest absolute Gasteiger partial charge is 0.497 e. The van der Waals surface area contributed by atoms with Gasteiger partial charge in [-0.05, 0) is 54.8 Å². The number of ether oxygens (including phenoxy) is 5. The van der Waals surface area contributed by atoms with E-state index < -0.39 is 6.10 Å². The quantitative estimate of drug-likeness (QED) is 0.699. The van der Waals surface area contributed by atoms with Crippen LogP contribution in [-0.2, 0) is 9.53 Å². The molecule has 29 heavy (non-hydrogen) atoms. The molecule has 3 heterocycles. The third-order valence-corrected chi connectivity index (χ3v) is 5.63. The molecule has 5 rings (SSSR count). The maximum Gasteiger partial charge on any atom is 0.266 e. The van der Waals surface area contributed by atoms with Crippen LogP contribution >= 0.6 is 0 Å². The number of carbonyl (C=O) groups is 1. The first-order valence-corrected chi connectivity index (χ1v) is 9.85. The van der Waals surface area contributed by atoms with E-state index in [9.17, 15) is 4.79 Å². The van der Waals surface area contributed by atoms with E-state index in [0.29, 0.717) is 18.0 Å². The molecular weight excluding hydrogens is 374 g/mol. The molecule has 0 N–H and O–H groups in total. The first-order valence-electron chi connectivity index (χ1n) is 9.85. The highest BCUT2D eigenvalue weighted by atomic mass is 16.7. The van der Waals surface area contributed by atoms with Gasteiger partial charge < -0.3 is 28.6 Å². The van der Waals surface area contributed by atoms with E-state index >= 15 is 0 Å². The van der Waals surface area contributed by atoms with Crippen molar-refractivity contribution in [2.24, 2.45) is 0 Å². The summed E-state index contributed by atoms with van der Waals surface area (Å²) in [6.07, 6.45) is 1.50. The van der Waals surface area contributed by atoms with Crippen molar-refractivity contribution >= 4 is 5.91 Å². The SMILES string of the molecule is COc1ccc(O[C@H]2C(=O)N(C[C@@H]3CCCO3)[C@H]2c2ccc3c(c2)OCO3)cc1. The van der Waals surface area contributed by atoms with Gasteiger partial charge in [0.05, 0.1) is 13.2 Å². The normalized spacial score (nSPS) is 25.1. The average Bonchev–Trinajstić information content (AvgIpc) is 3.44. The summed E-state index contributed by atoms with van der Waals surface area (Å²) in [7, 11) is 1.62. The predicted molar refractivity (Wildman–Crippen MR) is 103 cm³/mol. The molecule has 0 radical (unpaired) electrons. The summed E-state index contributed by atoms with van der Waals surface area (Å²) in [5.41, 5.74) is 0.963. The van der Waals surface area contributed by atoms with Gasteiger partial charge in [0, 0.05) is 13.2 Å². The number of hydrogen-bond acceptors (Lipinski definition) is 6. The van der Waals surface area contributed by atoms with Crippen LogP contribution in [-0.4, -0.2) is 50.1 Å². The molecule has 0 aliphatic carbocycles. The fourth-order valence-electron chi connectivity index (χ4n) is 4.10. The second-order valence-corrected chi connectivity index (χ2v) is 7.40. The van der Waals surface area contributed by atoms with E-state index in [1.807, 2.05) is 47.4 Å². The Morgan fingerprint density at radius 1 is 1.07 bits per heavy atom. The molecule has 2 saturated heterocycles. The smallest absolute Gasteiger partial charge is 0.266 e. The number of benzene rings is 2. The molecule has 0 saturated carbocycles. The van der Waals surface area contributed by atoms with E-state index in [2.05, 4.69) is 0 Å². The van der Waals surface area contributed by atoms with Crippen LogP contribution in [0, 0.1) is 0 Å². The number of amides is 1. The van der Waals surface area contributed by atoms with Crippen molar-refractivity contribution < 1.29 is 28.5 Å². The van der Waals surface area contributed by atoms with E-state index in [4.69, 9.17) is 23.7 Å². The molecule has 1 amide bonds. The molecule has 2 aromatic carbocycles. The van der Waals surface area contributed by atoms with E-state index in [1.54, 1.807) is 7.11 Å². The molecule has 3 aliphatic rings. The lowest BCUT2D eigenvalue weighted by Crippen LogP contribution is -2.62. The highest BCUT2D eigenvalue weighted by Gasteiger charge is 2.51. The van der Waals surface area contributed by atoms with Crippen LogP contribution in [0.15, 0.2) is 42.5 Å². The summed E-state index contributed by atoms with van der Waals surface area (Å²) in [5, 5.41) is 0. The number of methoxy groups -OCH3 is 1. The molecule has 7 nitrogen and oxygen atoms in total. The first kappa shape index (κ1) is 18.1. The third-order valence-electron chi connectivity index (χ3n) is 5.63. The summed E-state index contributed by atoms with van der Waals surface area (Å²) >= 11 is 0. The Kier molecular flexibility index (Phi) is 4.67. The van der Waals surface area contributed by atoms with Gasteiger partial charge in [-0.1, -0.05) is 6.07 Å². The summed E-state index contributed by atoms with van der Waals surface area (Å²) in [4.78, 5) is 14.8. The van der Waals surface area contributed by atoms with Crippen molar-refractivity contribution in [3.05, 3.63) is 48.0 Å². The molecule has 2 aromatic rings. The summed E-state index contributed by atoms with van der Waals surface area (Å²) in [5.74, 6) is 2.76. The van der Waals surface area contributed by atoms with Gasteiger partial charge in [-0.2, -0.15) is 0 Å². The zero-order valence-corrected chi connectivity index (χ0v) is 16.2. The monoisotopic (exact) mass is 397 g/mol. The average molecular weight is 397 g/mol. The second kappa shape index (κ2) is 7.48. The Labute approximate surface area is 169 Å². The lowest BCUT2D eigenvalue weighted by Gasteiger charge is -2.47. The van der Waals surface area contributed by atoms with Crippen LogP contribution < -0.4 is 18.9 Å². The molecule has 0 bridgehead atoms. The van der Waals surface area contributed by atoms with Gasteiger partial charge in [0.15, 0.2) is 11.5 Å². The Bertz CT molecular complexity index is 893. The molecule has 7 heteroatoms. The Balaban J connectivity index is 1.40. The van der Waals surface area contributed by atoms with Crippen molar-refractivity contribution in [2.45, 2.75) is 31.1 Å². The highest BCUT2D eigenvalue weighted by Crippen LogP contribution is 2.42. The standard InChI is InChI=1S/C22H23NO6/c1-25-15-5-7-16(8-6-15)29-21-20(14-4-9-18-19(11-14)28-13-27-18)23(22(21)24)12-17-3-2-10-26-17/h4-9,11,17,20-21H,2-3,10,12-13H2,1H3/t17-,20-,21+/m0/s1. The van der Waals surface area contributed by atoms with Crippen LogP contribution in [0.4, 0.5) is 0 Å². The number of hydrogen-bond donors (Lipinski definition) is 0. The van der Waals surface area contributed by atoms with Crippen molar-refractivity contribution in [3.8, 4) is 23.0 Å². The van der Waals surface area contributed by atoms with Gasteiger partial charge in [0.1, 0.15) is 17.5 Å². The summed E-state index contributed by atoms with van der Waals surface area (Å²) in [6.45, 7) is 1.54. The number of carbonyl (C=O) groups excluding carboxylic acids is 1. The molecule has 3 aliphatic heterocycles. The summed E-state index contributed by atoms with van der Waals surface area (Å²) < 4.78 is 28.0. The lowest BCUT2D eigenvalue weighted by atomic mass is 9.89. The molecule has 3 atom stereocenters. The Hall–Kier alpha value is -2.93. The molecular formula is C22H23NO6. The van der Waals surface area contributed by atoms with Crippen molar-refractivity contribution in [1.29, 1.82) is 0 Å². The van der Waals surface area contributed by atoms with Crippen molar-refractivity contribution in [1.82, 2.24) is 4.90 Å². The molecule has 0 spiro atoms. The van der Waals surface area contributed by atoms with E-state index in [0.717, 1.165) is 36.5 Å². The van der Waals surface area contributed by atoms with Crippen LogP contribution in [0.5, 0.6) is 23.0 Å². The Morgan fingerprint density at radius 3 is 2.62 bits per heavy atom. The van der Waals surface area contributed by atoms with E-state index in [1.165, 1.54) is 0 Å². The number of β-lactam (4-membered cyclic amide) rings is 1. The van der Waals surface area contributed by atoms with Gasteiger partial charge in [-0.15, -0.1) is 0 Å². The molecule has 2 fully saturated rings. The first-order chi connectivity index (χ1) is 14.2. The number of likely N-dealkylation sites (tertiary alicyclic amines) is 1. The van der Waals surface area contributed by atoms with Crippen molar-refractivity contribution in [3.63, 3.8) is 0 Å². The fourth-order valence-corrected chi connectivity index (χ4v) is 4.10. The predicted octanol–water partition coefficient (Wildman–Crippen LogP) is 2.93. The topological polar surface area (TPSA) is 66.5 Å². The molecule has 0 unspecified atom stereocenters. The minimum Gasteiger partial charge on any atom is -0.497 e. The van der Waals surface area contributed by atoms with Gasteiger partial charge in [-0.25, -0.2) is 0 Å². The summed E-state index contributed by atoms with van der Waals surface area (Å²) in [6, 6.07) is 12.8. The Morgan fingerprint density at radius 2 is 1.86 bits per heavy atom. The van der Waals surface area contributed by atoms with Crippen molar-refractivity contribution in [2.75, 3.05) is 27.1 Å². The van der Waals surface area contributed by atoms with Crippen LogP contribution in [0.1, 0.15) is 24.4 Å². The van der Waals surface area contributed by atoms with Gasteiger partial charge >= 0.3 is 0 Å². The van der Waals surface area contributed by atoms with Gasteiger partial charge in [0.2, 0.25) is 12.9 Å². The fraction of sp³-hybridized carbons (Fsp3) is 0.409. The molecule has 0 aromatic heterocycles. The van der Waals surface area contributed by atoms with Crippen LogP contribution in [0.3, 0.4) is 0 Å². The van der Waals surface area contributed by atoms with Gasteiger partial charge in [-0.3, -0.25) is 4.79 Å². The second-order valence-electron chi connectivity index (χ2n) is 7.40. The van der Waals surface area contributed by atoms with Gasteiger partial charge in [0.25, 0.3) is 5.91 Å². The number of rotatable bonds is 6. The maximum atomic E-state index is 13.0. The zero-order valence-electron chi connectivity index (χ0n) is 16.2.